The van der Waals surface area contributed by atoms with Crippen LogP contribution in [0.3, 0.4) is 0 Å². The van der Waals surface area contributed by atoms with E-state index in [1.54, 1.807) is 4.90 Å². The summed E-state index contributed by atoms with van der Waals surface area (Å²) in [5.41, 5.74) is 2.76. The Labute approximate surface area is 235 Å². The van der Waals surface area contributed by atoms with Gasteiger partial charge in [-0.25, -0.2) is 4.79 Å². The Kier molecular flexibility index (Phi) is 8.32. The molecule has 3 saturated carbocycles. The lowest BCUT2D eigenvalue weighted by Crippen LogP contribution is -2.51. The van der Waals surface area contributed by atoms with E-state index in [-0.39, 0.29) is 29.1 Å². The molecule has 4 aliphatic carbocycles. The molecule has 0 aromatic rings. The Hall–Kier alpha value is -1.73. The summed E-state index contributed by atoms with van der Waals surface area (Å²) in [4.78, 5) is 32.6. The SMILES string of the molecule is C/C(=N\OC(=O)N(CCC1NCCC1O)CC(C)C)[C@H]1CC[C@H]2[C@@H]3CCC4=CC(=O)CC[C@]4(C)[C@H]3CC[C@]12C. The predicted octanol–water partition coefficient (Wildman–Crippen LogP) is 5.72. The van der Waals surface area contributed by atoms with E-state index in [0.29, 0.717) is 61.3 Å². The van der Waals surface area contributed by atoms with Gasteiger partial charge in [-0.1, -0.05) is 38.4 Å². The molecule has 1 saturated heterocycles. The van der Waals surface area contributed by atoms with Crippen LogP contribution in [0.1, 0.15) is 98.8 Å². The number of aliphatic hydroxyl groups is 1. The van der Waals surface area contributed by atoms with Crippen molar-refractivity contribution < 1.29 is 19.5 Å². The van der Waals surface area contributed by atoms with Gasteiger partial charge in [0.15, 0.2) is 5.78 Å². The maximum Gasteiger partial charge on any atom is 0.435 e. The minimum atomic E-state index is -0.384. The average Bonchev–Trinajstić information content (AvgIpc) is 3.47. The van der Waals surface area contributed by atoms with Crippen molar-refractivity contribution in [3.8, 4) is 0 Å². The molecule has 218 valence electrons. The third-order valence-corrected chi connectivity index (χ3v) is 11.6. The van der Waals surface area contributed by atoms with Crippen LogP contribution in [0.2, 0.25) is 0 Å². The topological polar surface area (TPSA) is 91.2 Å². The molecule has 1 heterocycles. The Bertz CT molecular complexity index is 1010. The molecule has 2 unspecified atom stereocenters. The fourth-order valence-corrected chi connectivity index (χ4v) is 9.52. The highest BCUT2D eigenvalue weighted by molar-refractivity contribution is 5.91. The zero-order chi connectivity index (χ0) is 27.9. The van der Waals surface area contributed by atoms with E-state index < -0.39 is 0 Å². The first-order valence-electron chi connectivity index (χ1n) is 15.7. The summed E-state index contributed by atoms with van der Waals surface area (Å²) < 4.78 is 0. The molecular formula is C32H51N3O4. The van der Waals surface area contributed by atoms with Crippen molar-refractivity contribution in [2.75, 3.05) is 19.6 Å². The van der Waals surface area contributed by atoms with E-state index in [1.165, 1.54) is 31.3 Å². The van der Waals surface area contributed by atoms with Crippen LogP contribution in [-0.2, 0) is 9.63 Å². The van der Waals surface area contributed by atoms with Crippen molar-refractivity contribution >= 4 is 17.6 Å². The van der Waals surface area contributed by atoms with Crippen LogP contribution in [0.5, 0.6) is 0 Å². The maximum atomic E-state index is 13.1. The number of carbonyl (C=O) groups excluding carboxylic acids is 2. The lowest BCUT2D eigenvalue weighted by Gasteiger charge is -2.58. The van der Waals surface area contributed by atoms with Crippen LogP contribution in [0.4, 0.5) is 4.79 Å². The van der Waals surface area contributed by atoms with Gasteiger partial charge < -0.3 is 15.3 Å². The van der Waals surface area contributed by atoms with E-state index in [2.05, 4.69) is 45.1 Å². The number of nitrogens with one attached hydrogen (secondary N) is 1. The highest BCUT2D eigenvalue weighted by Crippen LogP contribution is 2.66. The predicted molar refractivity (Wildman–Crippen MR) is 153 cm³/mol. The zero-order valence-corrected chi connectivity index (χ0v) is 24.9. The van der Waals surface area contributed by atoms with Crippen LogP contribution in [0, 0.1) is 40.4 Å². The number of hydrogen-bond donors (Lipinski definition) is 2. The van der Waals surface area contributed by atoms with E-state index in [0.717, 1.165) is 37.9 Å². The van der Waals surface area contributed by atoms with Gasteiger partial charge in [-0.3, -0.25) is 9.63 Å². The Balaban J connectivity index is 1.24. The molecule has 0 radical (unpaired) electrons. The summed E-state index contributed by atoms with van der Waals surface area (Å²) >= 11 is 0. The first-order valence-corrected chi connectivity index (χ1v) is 15.7. The minimum Gasteiger partial charge on any atom is -0.391 e. The van der Waals surface area contributed by atoms with Crippen molar-refractivity contribution in [3.05, 3.63) is 11.6 Å². The number of carbonyl (C=O) groups is 2. The second kappa shape index (κ2) is 11.3. The number of aliphatic hydroxyl groups excluding tert-OH is 1. The molecule has 1 aliphatic heterocycles. The highest BCUT2D eigenvalue weighted by atomic mass is 16.7. The molecule has 5 rings (SSSR count). The summed E-state index contributed by atoms with van der Waals surface area (Å²) in [6.07, 6.45) is 11.5. The molecule has 1 amide bonds. The second-order valence-electron chi connectivity index (χ2n) is 14.3. The van der Waals surface area contributed by atoms with E-state index in [9.17, 15) is 14.7 Å². The Morgan fingerprint density at radius 3 is 2.67 bits per heavy atom. The minimum absolute atomic E-state index is 0.0333. The summed E-state index contributed by atoms with van der Waals surface area (Å²) in [5.74, 6) is 3.04. The third kappa shape index (κ3) is 5.47. The number of amides is 1. The lowest BCUT2D eigenvalue weighted by atomic mass is 9.46. The normalized spacial score (nSPS) is 40.1. The van der Waals surface area contributed by atoms with Gasteiger partial charge in [-0.05, 0) is 112 Å². The van der Waals surface area contributed by atoms with Crippen molar-refractivity contribution in [3.63, 3.8) is 0 Å². The van der Waals surface area contributed by atoms with E-state index >= 15 is 0 Å². The quantitative estimate of drug-likeness (QED) is 0.244. The van der Waals surface area contributed by atoms with Crippen molar-refractivity contribution in [1.29, 1.82) is 0 Å². The monoisotopic (exact) mass is 541 g/mol. The molecule has 5 aliphatic rings. The standard InChI is InChI=1S/C32H51N3O4/c1-20(2)19-35(17-13-28-29(37)12-16-33-28)30(38)39-34-21(3)25-8-9-26-24-7-6-22-18-23(36)10-14-31(22,4)27(24)11-15-32(25,26)5/h18,20,24-29,33,37H,6-17,19H2,1-5H3/b34-21+/t24-,25+,26-,27-,28?,29?,31-,32+/m0/s1. The van der Waals surface area contributed by atoms with Crippen molar-refractivity contribution in [2.45, 2.75) is 111 Å². The van der Waals surface area contributed by atoms with Gasteiger partial charge in [0.05, 0.1) is 11.8 Å². The summed E-state index contributed by atoms with van der Waals surface area (Å²) in [6.45, 7) is 13.1. The molecular weight excluding hydrogens is 490 g/mol. The number of oxime groups is 1. The van der Waals surface area contributed by atoms with Gasteiger partial charge in [0, 0.05) is 31.5 Å². The molecule has 8 atom stereocenters. The number of allylic oxidation sites excluding steroid dienone is 1. The fourth-order valence-electron chi connectivity index (χ4n) is 9.52. The number of hydrogen-bond acceptors (Lipinski definition) is 6. The van der Waals surface area contributed by atoms with Gasteiger partial charge >= 0.3 is 6.09 Å². The van der Waals surface area contributed by atoms with Crippen LogP contribution in [0.15, 0.2) is 16.8 Å². The molecule has 0 bridgehead atoms. The largest absolute Gasteiger partial charge is 0.435 e. The number of ketones is 1. The smallest absolute Gasteiger partial charge is 0.391 e. The number of fused-ring (bicyclic) bond motifs is 5. The van der Waals surface area contributed by atoms with Crippen molar-refractivity contribution in [1.82, 2.24) is 10.2 Å². The first kappa shape index (κ1) is 28.8. The molecule has 7 heteroatoms. The number of nitrogens with zero attached hydrogens (tertiary/aromatic N) is 2. The molecule has 0 aromatic carbocycles. The average molecular weight is 542 g/mol. The molecule has 0 aromatic heterocycles. The fraction of sp³-hybridized carbons (Fsp3) is 0.844. The van der Waals surface area contributed by atoms with E-state index in [1.807, 2.05) is 6.08 Å². The van der Waals surface area contributed by atoms with Crippen LogP contribution < -0.4 is 5.32 Å². The molecule has 4 fully saturated rings. The third-order valence-electron chi connectivity index (χ3n) is 11.6. The maximum absolute atomic E-state index is 13.1. The van der Waals surface area contributed by atoms with Gasteiger partial charge in [0.2, 0.25) is 0 Å². The highest BCUT2D eigenvalue weighted by Gasteiger charge is 2.59. The molecule has 0 spiro atoms. The molecule has 2 N–H and O–H groups in total. The van der Waals surface area contributed by atoms with Crippen LogP contribution in [-0.4, -0.2) is 59.4 Å². The van der Waals surface area contributed by atoms with Gasteiger partial charge in [0.1, 0.15) is 0 Å². The van der Waals surface area contributed by atoms with Crippen molar-refractivity contribution in [2.24, 2.45) is 45.6 Å². The molecule has 7 nitrogen and oxygen atoms in total. The number of rotatable bonds is 7. The van der Waals surface area contributed by atoms with Crippen LogP contribution >= 0.6 is 0 Å². The van der Waals surface area contributed by atoms with E-state index in [4.69, 9.17) is 4.84 Å². The molecule has 39 heavy (non-hydrogen) atoms. The first-order chi connectivity index (χ1) is 18.5. The summed E-state index contributed by atoms with van der Waals surface area (Å²) in [7, 11) is 0. The Morgan fingerprint density at radius 1 is 1.15 bits per heavy atom. The van der Waals surface area contributed by atoms with Crippen LogP contribution in [0.25, 0.3) is 0 Å². The lowest BCUT2D eigenvalue weighted by molar-refractivity contribution is -0.117. The van der Waals surface area contributed by atoms with Gasteiger partial charge in [0.25, 0.3) is 0 Å². The van der Waals surface area contributed by atoms with Gasteiger partial charge in [-0.2, -0.15) is 0 Å². The Morgan fingerprint density at radius 2 is 1.95 bits per heavy atom. The van der Waals surface area contributed by atoms with Gasteiger partial charge in [-0.15, -0.1) is 0 Å². The summed E-state index contributed by atoms with van der Waals surface area (Å²) in [6, 6.07) is 0.0333. The zero-order valence-electron chi connectivity index (χ0n) is 24.9. The second-order valence-corrected chi connectivity index (χ2v) is 14.3. The summed E-state index contributed by atoms with van der Waals surface area (Å²) in [5, 5.41) is 18.0.